The van der Waals surface area contributed by atoms with E-state index in [1.807, 2.05) is 18.2 Å². The van der Waals surface area contributed by atoms with E-state index in [9.17, 15) is 28.4 Å². The second kappa shape index (κ2) is 10.3. The number of likely N-dealkylation sites (N-methyl/N-ethyl adjacent to an activating group) is 1. The summed E-state index contributed by atoms with van der Waals surface area (Å²) < 4.78 is 28.2. The van der Waals surface area contributed by atoms with Gasteiger partial charge in [-0.1, -0.05) is 50.3 Å². The van der Waals surface area contributed by atoms with Gasteiger partial charge in [0.2, 0.25) is 11.8 Å². The number of nitrogens with zero attached hydrogens (tertiary/aromatic N) is 3. The molecule has 1 saturated carbocycles. The van der Waals surface area contributed by atoms with E-state index in [0.717, 1.165) is 49.8 Å². The molecule has 3 aliphatic rings. The first-order chi connectivity index (χ1) is 19.7. The number of nitriles is 1. The Morgan fingerprint density at radius 2 is 1.93 bits per heavy atom. The fourth-order valence-electron chi connectivity index (χ4n) is 6.95. The number of hydrogen-bond donors (Lipinski definition) is 2. The lowest BCUT2D eigenvalue weighted by Crippen LogP contribution is -2.52. The summed E-state index contributed by atoms with van der Waals surface area (Å²) in [6, 6.07) is 11.0. The van der Waals surface area contributed by atoms with Crippen LogP contribution < -0.4 is 5.32 Å². The Morgan fingerprint density at radius 3 is 2.68 bits per heavy atom. The summed E-state index contributed by atoms with van der Waals surface area (Å²) in [5, 5.41) is 13.1. The summed E-state index contributed by atoms with van der Waals surface area (Å²) in [5.41, 5.74) is 0.584. The van der Waals surface area contributed by atoms with Crippen LogP contribution in [0.2, 0.25) is 0 Å². The van der Waals surface area contributed by atoms with Crippen molar-refractivity contribution in [2.24, 2.45) is 5.92 Å². The number of aromatic amines is 1. The lowest BCUT2D eigenvalue weighted by atomic mass is 9.80. The quantitative estimate of drug-likeness (QED) is 0.465. The SMILES string of the molecule is CN(C(=O)c1cc2c(F)cc(F)cc2[nH]1)[C@@H](CC1CCCCC1)C(=O)N1C[C@]2(CC1C#N)C(=O)Nc1ccccc12. The Bertz CT molecular complexity index is 1590. The van der Waals surface area contributed by atoms with Crippen LogP contribution in [-0.2, 0) is 15.0 Å². The topological polar surface area (TPSA) is 109 Å². The molecular formula is C31H31F2N5O3. The zero-order chi connectivity index (χ0) is 28.9. The molecule has 3 atom stereocenters. The molecule has 2 fully saturated rings. The molecule has 3 heterocycles. The van der Waals surface area contributed by atoms with Crippen molar-refractivity contribution in [2.75, 3.05) is 18.9 Å². The minimum absolute atomic E-state index is 0.0345. The van der Waals surface area contributed by atoms with Gasteiger partial charge in [0.25, 0.3) is 5.91 Å². The summed E-state index contributed by atoms with van der Waals surface area (Å²) in [6.07, 6.45) is 5.66. The van der Waals surface area contributed by atoms with Crippen molar-refractivity contribution in [1.82, 2.24) is 14.8 Å². The van der Waals surface area contributed by atoms with Crippen molar-refractivity contribution >= 4 is 34.3 Å². The van der Waals surface area contributed by atoms with Crippen LogP contribution in [-0.4, -0.2) is 58.2 Å². The van der Waals surface area contributed by atoms with Crippen molar-refractivity contribution < 1.29 is 23.2 Å². The highest BCUT2D eigenvalue weighted by molar-refractivity contribution is 6.07. The Hall–Kier alpha value is -4.26. The van der Waals surface area contributed by atoms with Crippen LogP contribution in [0.15, 0.2) is 42.5 Å². The van der Waals surface area contributed by atoms with E-state index in [-0.39, 0.29) is 47.3 Å². The summed E-state index contributed by atoms with van der Waals surface area (Å²) in [4.78, 5) is 46.9. The van der Waals surface area contributed by atoms with Crippen LogP contribution in [0.5, 0.6) is 0 Å². The van der Waals surface area contributed by atoms with Gasteiger partial charge in [-0.05, 0) is 36.1 Å². The van der Waals surface area contributed by atoms with Gasteiger partial charge in [0.15, 0.2) is 0 Å². The van der Waals surface area contributed by atoms with Gasteiger partial charge in [0.1, 0.15) is 29.4 Å². The van der Waals surface area contributed by atoms with Crippen LogP contribution in [0.3, 0.4) is 0 Å². The molecule has 1 aliphatic carbocycles. The summed E-state index contributed by atoms with van der Waals surface area (Å²) in [7, 11) is 1.53. The fourth-order valence-corrected chi connectivity index (χ4v) is 6.95. The molecule has 3 amide bonds. The predicted octanol–water partition coefficient (Wildman–Crippen LogP) is 4.87. The highest BCUT2D eigenvalue weighted by atomic mass is 19.1. The second-order valence-corrected chi connectivity index (χ2v) is 11.6. The summed E-state index contributed by atoms with van der Waals surface area (Å²) >= 11 is 0. The van der Waals surface area contributed by atoms with E-state index in [0.29, 0.717) is 12.1 Å². The third kappa shape index (κ3) is 4.53. The van der Waals surface area contributed by atoms with Gasteiger partial charge in [-0.2, -0.15) is 5.26 Å². The molecule has 1 aromatic heterocycles. The number of likely N-dealkylation sites (tertiary alicyclic amines) is 1. The van der Waals surface area contributed by atoms with Gasteiger partial charge < -0.3 is 20.1 Å². The number of carbonyl (C=O) groups excluding carboxylic acids is 3. The van der Waals surface area contributed by atoms with E-state index in [1.165, 1.54) is 22.9 Å². The van der Waals surface area contributed by atoms with Crippen LogP contribution in [0.25, 0.3) is 10.9 Å². The Morgan fingerprint density at radius 1 is 1.17 bits per heavy atom. The second-order valence-electron chi connectivity index (χ2n) is 11.6. The monoisotopic (exact) mass is 559 g/mol. The van der Waals surface area contributed by atoms with Crippen molar-refractivity contribution in [3.05, 3.63) is 65.4 Å². The third-order valence-corrected chi connectivity index (χ3v) is 9.15. The summed E-state index contributed by atoms with van der Waals surface area (Å²) in [5.74, 6) is -2.51. The van der Waals surface area contributed by atoms with Crippen molar-refractivity contribution in [3.8, 4) is 6.07 Å². The Labute approximate surface area is 236 Å². The maximum atomic E-state index is 14.4. The van der Waals surface area contributed by atoms with Crippen LogP contribution in [0.4, 0.5) is 14.5 Å². The number of benzene rings is 2. The molecule has 212 valence electrons. The zero-order valence-corrected chi connectivity index (χ0v) is 22.8. The van der Waals surface area contributed by atoms with Crippen LogP contribution in [0, 0.1) is 28.9 Å². The number of fused-ring (bicyclic) bond motifs is 3. The number of H-pyrrole nitrogens is 1. The maximum absolute atomic E-state index is 14.4. The predicted molar refractivity (Wildman–Crippen MR) is 148 cm³/mol. The zero-order valence-electron chi connectivity index (χ0n) is 22.8. The van der Waals surface area contributed by atoms with Gasteiger partial charge in [-0.15, -0.1) is 0 Å². The number of para-hydroxylation sites is 1. The van der Waals surface area contributed by atoms with Gasteiger partial charge in [0.05, 0.1) is 17.0 Å². The first-order valence-electron chi connectivity index (χ1n) is 14.1. The van der Waals surface area contributed by atoms with E-state index in [1.54, 1.807) is 6.07 Å². The molecule has 41 heavy (non-hydrogen) atoms. The summed E-state index contributed by atoms with van der Waals surface area (Å²) in [6.45, 7) is 0.0347. The average molecular weight is 560 g/mol. The van der Waals surface area contributed by atoms with Crippen molar-refractivity contribution in [3.63, 3.8) is 0 Å². The number of halogens is 2. The molecule has 1 saturated heterocycles. The van der Waals surface area contributed by atoms with Gasteiger partial charge in [-0.25, -0.2) is 8.78 Å². The number of hydrogen-bond acceptors (Lipinski definition) is 4. The molecule has 6 rings (SSSR count). The van der Waals surface area contributed by atoms with E-state index >= 15 is 0 Å². The number of rotatable bonds is 5. The van der Waals surface area contributed by atoms with Crippen LogP contribution in [0.1, 0.15) is 61.0 Å². The maximum Gasteiger partial charge on any atom is 0.270 e. The molecule has 3 aromatic rings. The molecule has 8 nitrogen and oxygen atoms in total. The average Bonchev–Trinajstić information content (AvgIpc) is 3.65. The van der Waals surface area contributed by atoms with E-state index < -0.39 is 35.0 Å². The van der Waals surface area contributed by atoms with Crippen molar-refractivity contribution in [2.45, 2.75) is 62.4 Å². The first-order valence-corrected chi connectivity index (χ1v) is 14.1. The lowest BCUT2D eigenvalue weighted by Gasteiger charge is -2.35. The van der Waals surface area contributed by atoms with Crippen LogP contribution >= 0.6 is 0 Å². The standard InChI is InChI=1S/C31H31F2N5O3/c1-37(28(39)26-14-21-23(33)12-19(32)13-25(21)35-26)27(11-18-7-3-2-4-8-18)29(40)38-17-31(15-20(38)16-34)22-9-5-6-10-24(22)36-30(31)41/h5-6,9-10,12-14,18,20,27,35H,2-4,7-8,11,15,17H2,1H3,(H,36,41)/t20?,27-,31-/m0/s1. The lowest BCUT2D eigenvalue weighted by molar-refractivity contribution is -0.136. The number of anilines is 1. The highest BCUT2D eigenvalue weighted by Crippen LogP contribution is 2.46. The number of carbonyl (C=O) groups is 3. The number of amides is 3. The third-order valence-electron chi connectivity index (χ3n) is 9.15. The number of aromatic nitrogens is 1. The van der Waals surface area contributed by atoms with Gasteiger partial charge in [-0.3, -0.25) is 14.4 Å². The fraction of sp³-hybridized carbons (Fsp3) is 0.419. The Balaban J connectivity index is 1.33. The normalized spacial score (nSPS) is 22.9. The largest absolute Gasteiger partial charge is 0.350 e. The van der Waals surface area contributed by atoms with E-state index in [2.05, 4.69) is 16.4 Å². The first kappa shape index (κ1) is 26.9. The smallest absolute Gasteiger partial charge is 0.270 e. The highest BCUT2D eigenvalue weighted by Gasteiger charge is 2.56. The molecule has 2 aliphatic heterocycles. The number of nitrogens with one attached hydrogen (secondary N) is 2. The molecule has 2 N–H and O–H groups in total. The molecule has 2 aromatic carbocycles. The molecule has 1 unspecified atom stereocenters. The molecular weight excluding hydrogens is 528 g/mol. The minimum Gasteiger partial charge on any atom is -0.350 e. The van der Waals surface area contributed by atoms with Crippen molar-refractivity contribution in [1.29, 1.82) is 5.26 Å². The minimum atomic E-state index is -1.04. The molecule has 1 spiro atoms. The molecule has 0 radical (unpaired) electrons. The van der Waals surface area contributed by atoms with Gasteiger partial charge in [0, 0.05) is 37.2 Å². The molecule has 10 heteroatoms. The Kier molecular flexibility index (Phi) is 6.76. The molecule has 0 bridgehead atoms. The van der Waals surface area contributed by atoms with Gasteiger partial charge >= 0.3 is 0 Å². The van der Waals surface area contributed by atoms with E-state index in [4.69, 9.17) is 0 Å².